The standard InChI is InChI=1S/C15H16N2O/c16-10-15(7-8-15)14(18)9-12-6-5-11-3-1-2-4-13(11)17-12/h1-6H,7-10,16H2. The van der Waals surface area contributed by atoms with E-state index in [1.54, 1.807) is 0 Å². The number of ketones is 1. The summed E-state index contributed by atoms with van der Waals surface area (Å²) in [6.07, 6.45) is 2.29. The Morgan fingerprint density at radius 2 is 2.00 bits per heavy atom. The average Bonchev–Trinajstić information content (AvgIpc) is 3.19. The summed E-state index contributed by atoms with van der Waals surface area (Å²) in [5, 5.41) is 1.11. The molecule has 0 saturated heterocycles. The molecule has 1 aliphatic rings. The molecule has 3 heteroatoms. The second-order valence-corrected chi connectivity index (χ2v) is 5.08. The Hall–Kier alpha value is -1.74. The highest BCUT2D eigenvalue weighted by Crippen LogP contribution is 2.45. The largest absolute Gasteiger partial charge is 0.329 e. The first-order valence-corrected chi connectivity index (χ1v) is 6.32. The summed E-state index contributed by atoms with van der Waals surface area (Å²) in [5.41, 5.74) is 7.23. The molecule has 1 aromatic heterocycles. The summed E-state index contributed by atoms with van der Waals surface area (Å²) in [5.74, 6) is 0.243. The number of Topliss-reactive ketones (excluding diaryl/α,β-unsaturated/α-hetero) is 1. The van der Waals surface area contributed by atoms with Crippen molar-refractivity contribution in [2.75, 3.05) is 6.54 Å². The predicted octanol–water partition coefficient (Wildman–Crippen LogP) is 2.09. The minimum atomic E-state index is -0.229. The summed E-state index contributed by atoms with van der Waals surface area (Å²) >= 11 is 0. The molecular weight excluding hydrogens is 224 g/mol. The van der Waals surface area contributed by atoms with Crippen molar-refractivity contribution in [1.29, 1.82) is 0 Å². The number of nitrogens with two attached hydrogens (primary N) is 1. The smallest absolute Gasteiger partial charge is 0.146 e. The molecule has 0 amide bonds. The van der Waals surface area contributed by atoms with Gasteiger partial charge in [-0.15, -0.1) is 0 Å². The van der Waals surface area contributed by atoms with Crippen molar-refractivity contribution in [1.82, 2.24) is 4.98 Å². The van der Waals surface area contributed by atoms with E-state index in [4.69, 9.17) is 5.73 Å². The zero-order valence-electron chi connectivity index (χ0n) is 10.2. The fourth-order valence-corrected chi connectivity index (χ4v) is 2.31. The summed E-state index contributed by atoms with van der Waals surface area (Å²) in [6, 6.07) is 11.9. The number of nitrogens with zero attached hydrogens (tertiary/aromatic N) is 1. The second-order valence-electron chi connectivity index (χ2n) is 5.08. The minimum Gasteiger partial charge on any atom is -0.329 e. The number of carbonyl (C=O) groups excluding carboxylic acids is 1. The number of fused-ring (bicyclic) bond motifs is 1. The van der Waals surface area contributed by atoms with Crippen LogP contribution in [0.3, 0.4) is 0 Å². The number of rotatable bonds is 4. The van der Waals surface area contributed by atoms with Crippen molar-refractivity contribution in [3.63, 3.8) is 0 Å². The summed E-state index contributed by atoms with van der Waals surface area (Å²) in [4.78, 5) is 16.7. The number of hydrogen-bond acceptors (Lipinski definition) is 3. The molecule has 0 radical (unpaired) electrons. The molecule has 1 heterocycles. The Balaban J connectivity index is 1.85. The van der Waals surface area contributed by atoms with Gasteiger partial charge in [-0.05, 0) is 25.0 Å². The lowest BCUT2D eigenvalue weighted by atomic mass is 9.97. The van der Waals surface area contributed by atoms with Crippen molar-refractivity contribution in [3.8, 4) is 0 Å². The van der Waals surface area contributed by atoms with Gasteiger partial charge in [0, 0.05) is 29.5 Å². The third-order valence-corrected chi connectivity index (χ3v) is 3.83. The highest BCUT2D eigenvalue weighted by Gasteiger charge is 2.47. The normalized spacial score (nSPS) is 16.7. The fraction of sp³-hybridized carbons (Fsp3) is 0.333. The SMILES string of the molecule is NCC1(C(=O)Cc2ccc3ccccc3n2)CC1. The average molecular weight is 240 g/mol. The zero-order valence-corrected chi connectivity index (χ0v) is 10.2. The molecule has 0 spiro atoms. The first kappa shape index (κ1) is 11.4. The molecule has 0 atom stereocenters. The van der Waals surface area contributed by atoms with Gasteiger partial charge in [0.05, 0.1) is 5.52 Å². The van der Waals surface area contributed by atoms with Crippen LogP contribution in [0.25, 0.3) is 10.9 Å². The van der Waals surface area contributed by atoms with E-state index in [1.165, 1.54) is 0 Å². The molecule has 0 bridgehead atoms. The Labute approximate surface area is 106 Å². The molecule has 1 saturated carbocycles. The maximum atomic E-state index is 12.1. The van der Waals surface area contributed by atoms with E-state index in [2.05, 4.69) is 4.98 Å². The van der Waals surface area contributed by atoms with Gasteiger partial charge in [0.2, 0.25) is 0 Å². The fourth-order valence-electron chi connectivity index (χ4n) is 2.31. The van der Waals surface area contributed by atoms with Gasteiger partial charge in [0.25, 0.3) is 0 Å². The zero-order chi connectivity index (χ0) is 12.6. The second kappa shape index (κ2) is 4.18. The van der Waals surface area contributed by atoms with Crippen LogP contribution in [0.15, 0.2) is 36.4 Å². The van der Waals surface area contributed by atoms with Crippen molar-refractivity contribution < 1.29 is 4.79 Å². The Kier molecular flexibility index (Phi) is 2.63. The maximum absolute atomic E-state index is 12.1. The summed E-state index contributed by atoms with van der Waals surface area (Å²) in [7, 11) is 0. The number of hydrogen-bond donors (Lipinski definition) is 1. The number of benzene rings is 1. The van der Waals surface area contributed by atoms with Gasteiger partial charge in [-0.3, -0.25) is 9.78 Å². The van der Waals surface area contributed by atoms with Crippen LogP contribution in [0, 0.1) is 5.41 Å². The van der Waals surface area contributed by atoms with Crippen molar-refractivity contribution in [2.24, 2.45) is 11.1 Å². The van der Waals surface area contributed by atoms with Gasteiger partial charge >= 0.3 is 0 Å². The lowest BCUT2D eigenvalue weighted by molar-refractivity contribution is -0.123. The molecule has 18 heavy (non-hydrogen) atoms. The van der Waals surface area contributed by atoms with Crippen LogP contribution in [0.5, 0.6) is 0 Å². The monoisotopic (exact) mass is 240 g/mol. The first-order chi connectivity index (χ1) is 8.73. The van der Waals surface area contributed by atoms with Crippen LogP contribution in [0.1, 0.15) is 18.5 Å². The highest BCUT2D eigenvalue weighted by atomic mass is 16.1. The molecule has 3 nitrogen and oxygen atoms in total. The van der Waals surface area contributed by atoms with E-state index in [-0.39, 0.29) is 11.2 Å². The molecule has 3 rings (SSSR count). The van der Waals surface area contributed by atoms with Crippen molar-refractivity contribution >= 4 is 16.7 Å². The van der Waals surface area contributed by atoms with Gasteiger partial charge in [-0.25, -0.2) is 0 Å². The number of aromatic nitrogens is 1. The highest BCUT2D eigenvalue weighted by molar-refractivity contribution is 5.89. The van der Waals surface area contributed by atoms with Crippen LogP contribution < -0.4 is 5.73 Å². The number of pyridine rings is 1. The third-order valence-electron chi connectivity index (χ3n) is 3.83. The topological polar surface area (TPSA) is 56.0 Å². The molecular formula is C15H16N2O. The Bertz CT molecular complexity index is 602. The van der Waals surface area contributed by atoms with Crippen molar-refractivity contribution in [2.45, 2.75) is 19.3 Å². The Morgan fingerprint density at radius 3 is 2.72 bits per heavy atom. The molecule has 2 aromatic rings. The van der Waals surface area contributed by atoms with Gasteiger partial charge in [-0.1, -0.05) is 24.3 Å². The first-order valence-electron chi connectivity index (χ1n) is 6.32. The van der Waals surface area contributed by atoms with E-state index in [0.29, 0.717) is 13.0 Å². The van der Waals surface area contributed by atoms with Gasteiger partial charge in [0.1, 0.15) is 5.78 Å². The lowest BCUT2D eigenvalue weighted by Gasteiger charge is -2.10. The van der Waals surface area contributed by atoms with Crippen LogP contribution in [-0.4, -0.2) is 17.3 Å². The van der Waals surface area contributed by atoms with E-state index in [0.717, 1.165) is 29.4 Å². The van der Waals surface area contributed by atoms with Gasteiger partial charge < -0.3 is 5.73 Å². The van der Waals surface area contributed by atoms with E-state index in [1.807, 2.05) is 36.4 Å². The molecule has 1 fully saturated rings. The molecule has 92 valence electrons. The quantitative estimate of drug-likeness (QED) is 0.890. The maximum Gasteiger partial charge on any atom is 0.146 e. The molecule has 2 N–H and O–H groups in total. The predicted molar refractivity (Wildman–Crippen MR) is 71.2 cm³/mol. The van der Waals surface area contributed by atoms with Crippen LogP contribution in [-0.2, 0) is 11.2 Å². The molecule has 1 aliphatic carbocycles. The van der Waals surface area contributed by atoms with E-state index >= 15 is 0 Å². The van der Waals surface area contributed by atoms with Crippen LogP contribution in [0.4, 0.5) is 0 Å². The summed E-state index contributed by atoms with van der Waals surface area (Å²) in [6.45, 7) is 0.472. The molecule has 0 aliphatic heterocycles. The van der Waals surface area contributed by atoms with Crippen LogP contribution >= 0.6 is 0 Å². The van der Waals surface area contributed by atoms with Crippen molar-refractivity contribution in [3.05, 3.63) is 42.1 Å². The van der Waals surface area contributed by atoms with E-state index in [9.17, 15) is 4.79 Å². The van der Waals surface area contributed by atoms with E-state index < -0.39 is 0 Å². The van der Waals surface area contributed by atoms with Crippen LogP contribution in [0.2, 0.25) is 0 Å². The van der Waals surface area contributed by atoms with Gasteiger partial charge in [0.15, 0.2) is 0 Å². The number of para-hydroxylation sites is 1. The molecule has 0 unspecified atom stereocenters. The summed E-state index contributed by atoms with van der Waals surface area (Å²) < 4.78 is 0. The molecule has 1 aromatic carbocycles. The Morgan fingerprint density at radius 1 is 1.22 bits per heavy atom. The number of carbonyl (C=O) groups is 1. The third kappa shape index (κ3) is 1.91. The van der Waals surface area contributed by atoms with Gasteiger partial charge in [-0.2, -0.15) is 0 Å². The lowest BCUT2D eigenvalue weighted by Crippen LogP contribution is -2.26. The minimum absolute atomic E-state index is 0.229.